The molecule has 1 saturated heterocycles. The van der Waals surface area contributed by atoms with Crippen LogP contribution in [0.15, 0.2) is 24.3 Å². The molecule has 1 aromatic heterocycles. The van der Waals surface area contributed by atoms with E-state index in [9.17, 15) is 4.79 Å². The van der Waals surface area contributed by atoms with E-state index in [2.05, 4.69) is 54.1 Å². The van der Waals surface area contributed by atoms with Crippen LogP contribution in [-0.4, -0.2) is 51.8 Å². The van der Waals surface area contributed by atoms with Gasteiger partial charge in [-0.1, -0.05) is 12.1 Å². The summed E-state index contributed by atoms with van der Waals surface area (Å²) >= 11 is 0. The van der Waals surface area contributed by atoms with Gasteiger partial charge in [0.25, 0.3) is 0 Å². The molecule has 27 heavy (non-hydrogen) atoms. The first-order valence-electron chi connectivity index (χ1n) is 9.91. The van der Waals surface area contributed by atoms with Crippen LogP contribution in [0.4, 0.5) is 5.69 Å². The minimum atomic E-state index is -0.0417. The Labute approximate surface area is 160 Å². The monoisotopic (exact) mass is 368 g/mol. The Morgan fingerprint density at radius 1 is 1.04 bits per heavy atom. The molecule has 144 valence electrons. The van der Waals surface area contributed by atoms with E-state index in [1.807, 2.05) is 0 Å². The molecular weight excluding hydrogens is 340 g/mol. The van der Waals surface area contributed by atoms with Gasteiger partial charge < -0.3 is 14.8 Å². The van der Waals surface area contributed by atoms with Crippen LogP contribution in [-0.2, 0) is 30.8 Å². The van der Waals surface area contributed by atoms with Crippen LogP contribution < -0.4 is 10.2 Å². The maximum Gasteiger partial charge on any atom is 0.217 e. The second kappa shape index (κ2) is 8.08. The van der Waals surface area contributed by atoms with E-state index in [4.69, 9.17) is 0 Å². The molecule has 7 nitrogen and oxygen atoms in total. The minimum absolute atomic E-state index is 0.0417. The number of rotatable bonds is 5. The van der Waals surface area contributed by atoms with Gasteiger partial charge in [0.2, 0.25) is 5.91 Å². The molecule has 0 radical (unpaired) electrons. The van der Waals surface area contributed by atoms with Gasteiger partial charge in [-0.2, -0.15) is 0 Å². The van der Waals surface area contributed by atoms with E-state index in [-0.39, 0.29) is 5.91 Å². The number of aromatic nitrogens is 3. The highest BCUT2D eigenvalue weighted by atomic mass is 16.1. The van der Waals surface area contributed by atoms with Gasteiger partial charge in [-0.15, -0.1) is 10.2 Å². The van der Waals surface area contributed by atoms with Crippen molar-refractivity contribution in [3.8, 4) is 0 Å². The number of carbonyl (C=O) groups is 1. The standard InChI is InChI=1S/C20H28N6O/c1-16(27)21-14-20-23-22-19-8-11-24(12-13-26(19)20)15-17-4-6-18(7-5-17)25-9-2-3-10-25/h4-7H,2-3,8-15H2,1H3,(H,21,27). The summed E-state index contributed by atoms with van der Waals surface area (Å²) < 4.78 is 2.16. The second-order valence-corrected chi connectivity index (χ2v) is 7.48. The van der Waals surface area contributed by atoms with Crippen LogP contribution in [0, 0.1) is 0 Å². The predicted molar refractivity (Wildman–Crippen MR) is 104 cm³/mol. The number of amides is 1. The molecule has 7 heteroatoms. The summed E-state index contributed by atoms with van der Waals surface area (Å²) in [6, 6.07) is 9.06. The second-order valence-electron chi connectivity index (χ2n) is 7.48. The number of benzene rings is 1. The van der Waals surface area contributed by atoms with Crippen LogP contribution >= 0.6 is 0 Å². The van der Waals surface area contributed by atoms with E-state index in [1.165, 1.54) is 44.1 Å². The number of anilines is 1. The molecule has 0 atom stereocenters. The lowest BCUT2D eigenvalue weighted by molar-refractivity contribution is -0.119. The topological polar surface area (TPSA) is 66.3 Å². The third-order valence-electron chi connectivity index (χ3n) is 5.50. The zero-order valence-electron chi connectivity index (χ0n) is 16.0. The maximum absolute atomic E-state index is 11.2. The van der Waals surface area contributed by atoms with E-state index >= 15 is 0 Å². The third kappa shape index (κ3) is 4.30. The molecule has 0 bridgehead atoms. The lowest BCUT2D eigenvalue weighted by Gasteiger charge is -2.21. The SMILES string of the molecule is CC(=O)NCc1nnc2n1CCN(Cc1ccc(N3CCCC3)cc1)CC2. The van der Waals surface area contributed by atoms with Crippen LogP contribution in [0.2, 0.25) is 0 Å². The van der Waals surface area contributed by atoms with Crippen molar-refractivity contribution in [1.29, 1.82) is 0 Å². The molecule has 3 heterocycles. The van der Waals surface area contributed by atoms with E-state index in [0.29, 0.717) is 6.54 Å². The molecule has 2 aliphatic rings. The van der Waals surface area contributed by atoms with Crippen molar-refractivity contribution >= 4 is 11.6 Å². The summed E-state index contributed by atoms with van der Waals surface area (Å²) in [6.07, 6.45) is 3.51. The number of fused-ring (bicyclic) bond motifs is 1. The molecule has 4 rings (SSSR count). The van der Waals surface area contributed by atoms with Crippen LogP contribution in [0.25, 0.3) is 0 Å². The Morgan fingerprint density at radius 2 is 1.81 bits per heavy atom. The van der Waals surface area contributed by atoms with Crippen molar-refractivity contribution in [1.82, 2.24) is 25.0 Å². The van der Waals surface area contributed by atoms with Gasteiger partial charge in [-0.25, -0.2) is 0 Å². The summed E-state index contributed by atoms with van der Waals surface area (Å²) in [5.74, 6) is 1.82. The highest BCUT2D eigenvalue weighted by Gasteiger charge is 2.19. The highest BCUT2D eigenvalue weighted by molar-refractivity contribution is 5.72. The maximum atomic E-state index is 11.2. The lowest BCUT2D eigenvalue weighted by atomic mass is 10.2. The average molecular weight is 368 g/mol. The molecule has 0 spiro atoms. The summed E-state index contributed by atoms with van der Waals surface area (Å²) in [4.78, 5) is 16.1. The summed E-state index contributed by atoms with van der Waals surface area (Å²) in [5, 5.41) is 11.4. The van der Waals surface area contributed by atoms with Gasteiger partial charge in [0.05, 0.1) is 6.54 Å². The van der Waals surface area contributed by atoms with Crippen molar-refractivity contribution in [2.45, 2.75) is 45.8 Å². The number of carbonyl (C=O) groups excluding carboxylic acids is 1. The number of nitrogens with one attached hydrogen (secondary N) is 1. The van der Waals surface area contributed by atoms with Crippen LogP contribution in [0.5, 0.6) is 0 Å². The van der Waals surface area contributed by atoms with Crippen molar-refractivity contribution in [2.75, 3.05) is 31.1 Å². The molecule has 1 fully saturated rings. The van der Waals surface area contributed by atoms with Crippen molar-refractivity contribution in [3.05, 3.63) is 41.5 Å². The normalized spacial score (nSPS) is 17.6. The fraction of sp³-hybridized carbons (Fsp3) is 0.550. The molecule has 0 unspecified atom stereocenters. The summed E-state index contributed by atoms with van der Waals surface area (Å²) in [5.41, 5.74) is 2.70. The number of hydrogen-bond acceptors (Lipinski definition) is 5. The zero-order chi connectivity index (χ0) is 18.6. The fourth-order valence-corrected chi connectivity index (χ4v) is 3.96. The number of nitrogens with zero attached hydrogens (tertiary/aromatic N) is 5. The molecule has 1 aromatic carbocycles. The molecule has 0 saturated carbocycles. The predicted octanol–water partition coefficient (Wildman–Crippen LogP) is 1.57. The molecule has 1 amide bonds. The van der Waals surface area contributed by atoms with E-state index < -0.39 is 0 Å². The summed E-state index contributed by atoms with van der Waals surface area (Å²) in [7, 11) is 0. The Kier molecular flexibility index (Phi) is 5.38. The molecule has 2 aliphatic heterocycles. The van der Waals surface area contributed by atoms with Crippen molar-refractivity contribution in [3.63, 3.8) is 0 Å². The lowest BCUT2D eigenvalue weighted by Crippen LogP contribution is -2.27. The molecular formula is C20H28N6O. The molecule has 2 aromatic rings. The van der Waals surface area contributed by atoms with E-state index in [0.717, 1.165) is 44.2 Å². The van der Waals surface area contributed by atoms with Crippen molar-refractivity contribution < 1.29 is 4.79 Å². The molecule has 1 N–H and O–H groups in total. The Hall–Kier alpha value is -2.41. The first-order chi connectivity index (χ1) is 13.2. The summed E-state index contributed by atoms with van der Waals surface area (Å²) in [6.45, 7) is 8.11. The first kappa shape index (κ1) is 18.0. The number of hydrogen-bond donors (Lipinski definition) is 1. The van der Waals surface area contributed by atoms with Gasteiger partial charge >= 0.3 is 0 Å². The zero-order valence-corrected chi connectivity index (χ0v) is 16.0. The Morgan fingerprint density at radius 3 is 2.56 bits per heavy atom. The van der Waals surface area contributed by atoms with Gasteiger partial charge in [0, 0.05) is 58.3 Å². The van der Waals surface area contributed by atoms with Gasteiger partial charge in [-0.3, -0.25) is 9.69 Å². The third-order valence-corrected chi connectivity index (χ3v) is 5.50. The largest absolute Gasteiger partial charge is 0.372 e. The van der Waals surface area contributed by atoms with Crippen LogP contribution in [0.3, 0.4) is 0 Å². The average Bonchev–Trinajstić information content (AvgIpc) is 3.29. The Balaban J connectivity index is 1.35. The van der Waals surface area contributed by atoms with E-state index in [1.54, 1.807) is 0 Å². The first-order valence-corrected chi connectivity index (χ1v) is 9.91. The van der Waals surface area contributed by atoms with Gasteiger partial charge in [-0.05, 0) is 30.5 Å². The quantitative estimate of drug-likeness (QED) is 0.868. The van der Waals surface area contributed by atoms with Crippen molar-refractivity contribution in [2.24, 2.45) is 0 Å². The minimum Gasteiger partial charge on any atom is -0.372 e. The molecule has 0 aliphatic carbocycles. The van der Waals surface area contributed by atoms with Gasteiger partial charge in [0.15, 0.2) is 5.82 Å². The van der Waals surface area contributed by atoms with Crippen LogP contribution in [0.1, 0.15) is 37.0 Å². The van der Waals surface area contributed by atoms with Gasteiger partial charge in [0.1, 0.15) is 5.82 Å². The smallest absolute Gasteiger partial charge is 0.217 e. The fourth-order valence-electron chi connectivity index (χ4n) is 3.96. The highest BCUT2D eigenvalue weighted by Crippen LogP contribution is 2.21. The Bertz CT molecular complexity index is 778.